The normalized spacial score (nSPS) is 48.6. The Morgan fingerprint density at radius 2 is 2.00 bits per heavy atom. The monoisotopic (exact) mass is 348 g/mol. The first-order valence-corrected chi connectivity index (χ1v) is 9.92. The molecule has 2 heterocycles. The van der Waals surface area contributed by atoms with Crippen LogP contribution >= 0.6 is 0 Å². The molecule has 3 fully saturated rings. The molecule has 1 spiro atoms. The van der Waals surface area contributed by atoms with E-state index in [9.17, 15) is 4.79 Å². The van der Waals surface area contributed by atoms with E-state index in [1.54, 1.807) is 0 Å². The van der Waals surface area contributed by atoms with Gasteiger partial charge in [0.2, 0.25) is 0 Å². The smallest absolute Gasteiger partial charge is 0.311 e. The summed E-state index contributed by atoms with van der Waals surface area (Å²) in [4.78, 5) is 24.5. The quantitative estimate of drug-likeness (QED) is 0.420. The fraction of sp³-hybridized carbons (Fsp3) is 0.857. The molecule has 1 saturated heterocycles. The summed E-state index contributed by atoms with van der Waals surface area (Å²) >= 11 is 0. The van der Waals surface area contributed by atoms with Gasteiger partial charge in [0.05, 0.1) is 12.5 Å². The van der Waals surface area contributed by atoms with Crippen LogP contribution in [0.15, 0.2) is 11.6 Å². The summed E-state index contributed by atoms with van der Waals surface area (Å²) in [5, 5.41) is 0. The summed E-state index contributed by atoms with van der Waals surface area (Å²) < 4.78 is 5.22. The summed E-state index contributed by atoms with van der Waals surface area (Å²) in [6.07, 6.45) is 8.61. The maximum Gasteiger partial charge on any atom is 0.311 e. The molecular formula is C21H32O4. The largest absolute Gasteiger partial charge is 0.469 e. The highest BCUT2D eigenvalue weighted by Gasteiger charge is 2.66. The predicted molar refractivity (Wildman–Crippen MR) is 94.5 cm³/mol. The van der Waals surface area contributed by atoms with Gasteiger partial charge in [0.1, 0.15) is 11.7 Å². The second kappa shape index (κ2) is 5.56. The Morgan fingerprint density at radius 3 is 2.68 bits per heavy atom. The van der Waals surface area contributed by atoms with E-state index in [4.69, 9.17) is 14.5 Å². The first kappa shape index (κ1) is 17.5. The molecule has 0 N–H and O–H groups in total. The Balaban J connectivity index is 1.74. The molecule has 3 aliphatic carbocycles. The number of fused-ring (bicyclic) bond motifs is 2. The van der Waals surface area contributed by atoms with Crippen molar-refractivity contribution in [3.63, 3.8) is 0 Å². The van der Waals surface area contributed by atoms with Crippen LogP contribution in [0.1, 0.15) is 66.2 Å². The van der Waals surface area contributed by atoms with Crippen LogP contribution in [0.2, 0.25) is 0 Å². The molecule has 6 atom stereocenters. The number of carbonyl (C=O) groups is 1. The lowest BCUT2D eigenvalue weighted by Gasteiger charge is -2.64. The van der Waals surface area contributed by atoms with E-state index in [0.29, 0.717) is 17.8 Å². The molecule has 2 bridgehead atoms. The number of hydrogen-bond donors (Lipinski definition) is 0. The van der Waals surface area contributed by atoms with Crippen molar-refractivity contribution in [2.24, 2.45) is 28.6 Å². The number of carbonyl (C=O) groups excluding carboxylic acids is 1. The van der Waals surface area contributed by atoms with Gasteiger partial charge in [-0.15, -0.1) is 0 Å². The summed E-state index contributed by atoms with van der Waals surface area (Å²) in [6, 6.07) is 0. The van der Waals surface area contributed by atoms with Gasteiger partial charge in [-0.3, -0.25) is 4.79 Å². The Bertz CT molecular complexity index is 611. The van der Waals surface area contributed by atoms with E-state index in [-0.39, 0.29) is 28.5 Å². The highest BCUT2D eigenvalue weighted by Crippen LogP contribution is 2.67. The number of esters is 1. The Kier molecular flexibility index (Phi) is 3.90. The molecule has 4 nitrogen and oxygen atoms in total. The molecule has 0 aromatic rings. The molecule has 0 aromatic heterocycles. The summed E-state index contributed by atoms with van der Waals surface area (Å²) in [6.45, 7) is 9.01. The van der Waals surface area contributed by atoms with Crippen molar-refractivity contribution in [1.29, 1.82) is 0 Å². The fourth-order valence-corrected chi connectivity index (χ4v) is 6.83. The van der Waals surface area contributed by atoms with Crippen molar-refractivity contribution in [1.82, 2.24) is 0 Å². The molecule has 2 saturated carbocycles. The lowest BCUT2D eigenvalue weighted by Crippen LogP contribution is -2.65. The second-order valence-corrected chi connectivity index (χ2v) is 9.57. The van der Waals surface area contributed by atoms with Crippen molar-refractivity contribution < 1.29 is 19.3 Å². The van der Waals surface area contributed by atoms with Gasteiger partial charge >= 0.3 is 5.97 Å². The summed E-state index contributed by atoms with van der Waals surface area (Å²) in [5.41, 5.74) is 0.830. The Morgan fingerprint density at radius 1 is 1.24 bits per heavy atom. The molecule has 2 aliphatic heterocycles. The Hall–Kier alpha value is -0.870. The van der Waals surface area contributed by atoms with Crippen molar-refractivity contribution in [3.8, 4) is 0 Å². The van der Waals surface area contributed by atoms with Crippen LogP contribution in [0.4, 0.5) is 0 Å². The van der Waals surface area contributed by atoms with Gasteiger partial charge in [0.25, 0.3) is 0 Å². The number of hydrogen-bond acceptors (Lipinski definition) is 4. The second-order valence-electron chi connectivity index (χ2n) is 9.57. The van der Waals surface area contributed by atoms with Gasteiger partial charge in [0.15, 0.2) is 0 Å². The molecule has 0 unspecified atom stereocenters. The van der Waals surface area contributed by atoms with Crippen molar-refractivity contribution >= 4 is 5.97 Å². The van der Waals surface area contributed by atoms with Crippen molar-refractivity contribution in [2.75, 3.05) is 7.11 Å². The number of rotatable bonds is 2. The maximum atomic E-state index is 12.7. The third-order valence-electron chi connectivity index (χ3n) is 8.06. The van der Waals surface area contributed by atoms with Crippen LogP contribution in [0.5, 0.6) is 0 Å². The number of ether oxygens (including phenoxy) is 1. The molecule has 4 heteroatoms. The SMILES string of the molecule is COC(=O)[C@]1(C)CCC[C@]2(C)[C@H]3C[C@@H]4OO[C@]3(C=C4C(C)C)CC[C@H]21. The summed E-state index contributed by atoms with van der Waals surface area (Å²) in [5.74, 6) is 1.24. The van der Waals surface area contributed by atoms with Gasteiger partial charge in [-0.25, -0.2) is 9.78 Å². The number of methoxy groups -OCH3 is 1. The lowest BCUT2D eigenvalue weighted by molar-refractivity contribution is -0.434. The standard InChI is InChI=1S/C21H32O4/c1-13(2)14-12-21-10-7-16-19(3,17(21)11-15(14)24-25-21)8-6-9-20(16,4)18(22)23-5/h12-13,15-17H,6-11H2,1-5H3/t15-,16+,17+,19-,20+,21-/m0/s1. The van der Waals surface area contributed by atoms with Crippen LogP contribution in [-0.2, 0) is 19.3 Å². The van der Waals surface area contributed by atoms with Gasteiger partial charge in [0, 0.05) is 5.92 Å². The molecular weight excluding hydrogens is 316 g/mol. The highest BCUT2D eigenvalue weighted by molar-refractivity contribution is 5.77. The molecule has 0 radical (unpaired) electrons. The Labute approximate surface area is 151 Å². The average molecular weight is 348 g/mol. The molecule has 25 heavy (non-hydrogen) atoms. The highest BCUT2D eigenvalue weighted by atomic mass is 17.2. The van der Waals surface area contributed by atoms with Gasteiger partial charge in [-0.1, -0.05) is 27.2 Å². The van der Waals surface area contributed by atoms with E-state index in [0.717, 1.165) is 38.5 Å². The van der Waals surface area contributed by atoms with E-state index < -0.39 is 0 Å². The first-order valence-electron chi connectivity index (χ1n) is 9.92. The van der Waals surface area contributed by atoms with E-state index in [1.165, 1.54) is 12.7 Å². The average Bonchev–Trinajstić information content (AvgIpc) is 2.60. The van der Waals surface area contributed by atoms with Crippen LogP contribution in [0, 0.1) is 28.6 Å². The van der Waals surface area contributed by atoms with Crippen molar-refractivity contribution in [3.05, 3.63) is 11.6 Å². The lowest BCUT2D eigenvalue weighted by atomic mass is 9.43. The zero-order valence-corrected chi connectivity index (χ0v) is 16.3. The summed E-state index contributed by atoms with van der Waals surface area (Å²) in [7, 11) is 1.53. The predicted octanol–water partition coefficient (Wildman–Crippen LogP) is 4.44. The minimum absolute atomic E-state index is 0.0316. The molecule has 0 amide bonds. The molecule has 5 rings (SSSR count). The topological polar surface area (TPSA) is 44.8 Å². The van der Waals surface area contributed by atoms with Crippen LogP contribution < -0.4 is 0 Å². The van der Waals surface area contributed by atoms with Crippen molar-refractivity contribution in [2.45, 2.75) is 77.9 Å². The zero-order valence-electron chi connectivity index (χ0n) is 16.3. The minimum Gasteiger partial charge on any atom is -0.469 e. The van der Waals surface area contributed by atoms with Crippen LogP contribution in [0.3, 0.4) is 0 Å². The van der Waals surface area contributed by atoms with Gasteiger partial charge in [-0.05, 0) is 67.9 Å². The van der Waals surface area contributed by atoms with Gasteiger partial charge in [-0.2, -0.15) is 0 Å². The zero-order chi connectivity index (χ0) is 18.0. The molecule has 0 aromatic carbocycles. The molecule has 5 aliphatic rings. The van der Waals surface area contributed by atoms with Gasteiger partial charge < -0.3 is 4.74 Å². The van der Waals surface area contributed by atoms with Crippen LogP contribution in [-0.4, -0.2) is 24.8 Å². The van der Waals surface area contributed by atoms with E-state index in [1.807, 2.05) is 0 Å². The minimum atomic E-state index is -0.370. The maximum absolute atomic E-state index is 12.7. The molecule has 140 valence electrons. The third-order valence-corrected chi connectivity index (χ3v) is 8.06. The van der Waals surface area contributed by atoms with Crippen LogP contribution in [0.25, 0.3) is 0 Å². The van der Waals surface area contributed by atoms with E-state index in [2.05, 4.69) is 33.8 Å². The van der Waals surface area contributed by atoms with E-state index >= 15 is 0 Å². The third kappa shape index (κ3) is 2.22. The first-order chi connectivity index (χ1) is 11.8. The fourth-order valence-electron chi connectivity index (χ4n) is 6.83.